The minimum atomic E-state index is -0.426. The Hall–Kier alpha value is -0.630. The number of nitrogens with one attached hydrogen (secondary N) is 1. The van der Waals surface area contributed by atoms with E-state index in [0.29, 0.717) is 6.04 Å². The normalized spacial score (nSPS) is 28.3. The molecule has 0 aromatic heterocycles. The van der Waals surface area contributed by atoms with Gasteiger partial charge in [0, 0.05) is 32.2 Å². The van der Waals surface area contributed by atoms with Gasteiger partial charge in [-0.2, -0.15) is 5.26 Å². The third-order valence-electron chi connectivity index (χ3n) is 3.29. The maximum Gasteiger partial charge on any atom is 0.116 e. The van der Waals surface area contributed by atoms with Crippen LogP contribution in [0.1, 0.15) is 13.8 Å². The topological polar surface area (TPSA) is 42.3 Å². The quantitative estimate of drug-likeness (QED) is 0.719. The van der Waals surface area contributed by atoms with Gasteiger partial charge < -0.3 is 10.2 Å². The van der Waals surface area contributed by atoms with Crippen LogP contribution in [-0.2, 0) is 0 Å². The highest BCUT2D eigenvalue weighted by Crippen LogP contribution is 2.12. The second kappa shape index (κ2) is 4.93. The molecule has 0 spiro atoms. The molecule has 0 bridgehead atoms. The highest BCUT2D eigenvalue weighted by atomic mass is 15.3. The fourth-order valence-corrected chi connectivity index (χ4v) is 1.99. The molecule has 1 aliphatic rings. The van der Waals surface area contributed by atoms with Crippen LogP contribution in [0, 0.1) is 11.3 Å². The number of hydrogen-bond donors (Lipinski definition) is 1. The molecule has 15 heavy (non-hydrogen) atoms. The van der Waals surface area contributed by atoms with Crippen molar-refractivity contribution in [3.8, 4) is 6.07 Å². The lowest BCUT2D eigenvalue weighted by Crippen LogP contribution is -2.57. The highest BCUT2D eigenvalue weighted by molar-refractivity contribution is 5.05. The van der Waals surface area contributed by atoms with Gasteiger partial charge in [0.25, 0.3) is 0 Å². The summed E-state index contributed by atoms with van der Waals surface area (Å²) in [6.07, 6.45) is 0. The smallest absolute Gasteiger partial charge is 0.116 e. The van der Waals surface area contributed by atoms with E-state index in [-0.39, 0.29) is 0 Å². The van der Waals surface area contributed by atoms with E-state index in [1.807, 2.05) is 14.0 Å². The molecule has 0 aromatic carbocycles. The molecule has 0 radical (unpaired) electrons. The molecule has 1 fully saturated rings. The fourth-order valence-electron chi connectivity index (χ4n) is 1.99. The summed E-state index contributed by atoms with van der Waals surface area (Å²) in [5.74, 6) is 0. The first-order chi connectivity index (χ1) is 7.00. The molecule has 1 heterocycles. The lowest BCUT2D eigenvalue weighted by atomic mass is 10.0. The van der Waals surface area contributed by atoms with Crippen molar-refractivity contribution in [3.63, 3.8) is 0 Å². The molecule has 2 atom stereocenters. The maximum atomic E-state index is 9.10. The van der Waals surface area contributed by atoms with Gasteiger partial charge in [0.05, 0.1) is 6.07 Å². The lowest BCUT2D eigenvalue weighted by Gasteiger charge is -2.41. The third kappa shape index (κ3) is 3.16. The minimum absolute atomic E-state index is 0.426. The molecule has 0 aromatic rings. The van der Waals surface area contributed by atoms with E-state index in [1.165, 1.54) is 0 Å². The van der Waals surface area contributed by atoms with Gasteiger partial charge in [0.15, 0.2) is 0 Å². The maximum absolute atomic E-state index is 9.10. The van der Waals surface area contributed by atoms with Gasteiger partial charge >= 0.3 is 0 Å². The molecule has 1 aliphatic heterocycles. The molecule has 0 saturated carbocycles. The average molecular weight is 210 g/mol. The number of rotatable bonds is 3. The van der Waals surface area contributed by atoms with Gasteiger partial charge in [-0.3, -0.25) is 4.90 Å². The van der Waals surface area contributed by atoms with Gasteiger partial charge in [-0.25, -0.2) is 0 Å². The summed E-state index contributed by atoms with van der Waals surface area (Å²) in [4.78, 5) is 4.73. The van der Waals surface area contributed by atoms with Crippen LogP contribution in [0.2, 0.25) is 0 Å². The van der Waals surface area contributed by atoms with Crippen LogP contribution in [0.4, 0.5) is 0 Å². The largest absolute Gasteiger partial charge is 0.304 e. The molecule has 86 valence electrons. The van der Waals surface area contributed by atoms with Crippen molar-refractivity contribution in [1.82, 2.24) is 15.1 Å². The van der Waals surface area contributed by atoms with Crippen LogP contribution in [-0.4, -0.2) is 61.7 Å². The summed E-state index contributed by atoms with van der Waals surface area (Å²) in [6.45, 7) is 8.22. The van der Waals surface area contributed by atoms with Crippen molar-refractivity contribution in [3.05, 3.63) is 0 Å². The highest BCUT2D eigenvalue weighted by Gasteiger charge is 2.29. The van der Waals surface area contributed by atoms with Gasteiger partial charge in [0.2, 0.25) is 0 Å². The fraction of sp³-hybridized carbons (Fsp3) is 0.909. The summed E-state index contributed by atoms with van der Waals surface area (Å²) in [7, 11) is 4.00. The molecule has 0 amide bonds. The Labute approximate surface area is 92.8 Å². The van der Waals surface area contributed by atoms with Crippen LogP contribution in [0.15, 0.2) is 0 Å². The van der Waals surface area contributed by atoms with Crippen molar-refractivity contribution < 1.29 is 0 Å². The molecule has 1 N–H and O–H groups in total. The molecular formula is C11H22N4. The van der Waals surface area contributed by atoms with Gasteiger partial charge in [-0.05, 0) is 27.9 Å². The Bertz CT molecular complexity index is 247. The van der Waals surface area contributed by atoms with Crippen molar-refractivity contribution in [2.45, 2.75) is 25.4 Å². The summed E-state index contributed by atoms with van der Waals surface area (Å²) in [5, 5.41) is 12.2. The summed E-state index contributed by atoms with van der Waals surface area (Å²) >= 11 is 0. The van der Waals surface area contributed by atoms with Crippen LogP contribution in [0.5, 0.6) is 0 Å². The van der Waals surface area contributed by atoms with E-state index in [4.69, 9.17) is 5.26 Å². The number of nitriles is 1. The Morgan fingerprint density at radius 3 is 2.67 bits per heavy atom. The molecule has 4 heteroatoms. The third-order valence-corrected chi connectivity index (χ3v) is 3.29. The molecule has 1 saturated heterocycles. The summed E-state index contributed by atoms with van der Waals surface area (Å²) < 4.78 is 0. The van der Waals surface area contributed by atoms with E-state index in [1.54, 1.807) is 0 Å². The zero-order valence-corrected chi connectivity index (χ0v) is 10.2. The Morgan fingerprint density at radius 2 is 2.20 bits per heavy atom. The molecule has 2 unspecified atom stereocenters. The van der Waals surface area contributed by atoms with Crippen molar-refractivity contribution in [2.24, 2.45) is 0 Å². The van der Waals surface area contributed by atoms with E-state index in [9.17, 15) is 0 Å². The second-order valence-electron chi connectivity index (χ2n) is 4.78. The van der Waals surface area contributed by atoms with Crippen molar-refractivity contribution >= 4 is 0 Å². The molecule has 1 rings (SSSR count). The minimum Gasteiger partial charge on any atom is -0.304 e. The van der Waals surface area contributed by atoms with E-state index in [2.05, 4.69) is 35.2 Å². The zero-order chi connectivity index (χ0) is 11.5. The Morgan fingerprint density at radius 1 is 1.53 bits per heavy atom. The number of piperazine rings is 1. The van der Waals surface area contributed by atoms with Gasteiger partial charge in [0.1, 0.15) is 5.54 Å². The van der Waals surface area contributed by atoms with Crippen LogP contribution >= 0.6 is 0 Å². The standard InChI is InChI=1S/C11H22N4/c1-10-7-14(4)5-6-15(10)9-11(2,8-12)13-3/h10,13H,5-7,9H2,1-4H3. The van der Waals surface area contributed by atoms with Crippen LogP contribution in [0.3, 0.4) is 0 Å². The Balaban J connectivity index is 2.55. The summed E-state index contributed by atoms with van der Waals surface area (Å²) in [5.41, 5.74) is -0.426. The SMILES string of the molecule is CNC(C)(C#N)CN1CCN(C)CC1C. The summed E-state index contributed by atoms with van der Waals surface area (Å²) in [6, 6.07) is 2.87. The van der Waals surface area contributed by atoms with Gasteiger partial charge in [-0.1, -0.05) is 0 Å². The van der Waals surface area contributed by atoms with E-state index in [0.717, 1.165) is 26.2 Å². The lowest BCUT2D eigenvalue weighted by molar-refractivity contribution is 0.0843. The van der Waals surface area contributed by atoms with Gasteiger partial charge in [-0.15, -0.1) is 0 Å². The molecule has 4 nitrogen and oxygen atoms in total. The first kappa shape index (κ1) is 12.4. The Kier molecular flexibility index (Phi) is 4.09. The first-order valence-corrected chi connectivity index (χ1v) is 5.53. The van der Waals surface area contributed by atoms with Crippen molar-refractivity contribution in [2.75, 3.05) is 40.3 Å². The average Bonchev–Trinajstić information content (AvgIpc) is 2.22. The van der Waals surface area contributed by atoms with Crippen molar-refractivity contribution in [1.29, 1.82) is 5.26 Å². The van der Waals surface area contributed by atoms with Crippen LogP contribution < -0.4 is 5.32 Å². The van der Waals surface area contributed by atoms with E-state index >= 15 is 0 Å². The zero-order valence-electron chi connectivity index (χ0n) is 10.2. The number of hydrogen-bond acceptors (Lipinski definition) is 4. The number of nitrogens with zero attached hydrogens (tertiary/aromatic N) is 3. The molecule has 0 aliphatic carbocycles. The molecular weight excluding hydrogens is 188 g/mol. The number of likely N-dealkylation sites (N-methyl/N-ethyl adjacent to an activating group) is 2. The monoisotopic (exact) mass is 210 g/mol. The second-order valence-corrected chi connectivity index (χ2v) is 4.78. The predicted octanol–water partition coefficient (Wildman–Crippen LogP) is 0.124. The van der Waals surface area contributed by atoms with Crippen LogP contribution in [0.25, 0.3) is 0 Å². The first-order valence-electron chi connectivity index (χ1n) is 5.53. The van der Waals surface area contributed by atoms with E-state index < -0.39 is 5.54 Å². The predicted molar refractivity (Wildman–Crippen MR) is 61.6 cm³/mol.